The zero-order valence-electron chi connectivity index (χ0n) is 21.0. The summed E-state index contributed by atoms with van der Waals surface area (Å²) in [6.07, 6.45) is 0.897. The average molecular weight is 448 g/mol. The summed E-state index contributed by atoms with van der Waals surface area (Å²) in [7, 11) is 0. The number of piperazine rings is 1. The van der Waals surface area contributed by atoms with E-state index in [1.807, 2.05) is 19.9 Å². The van der Waals surface area contributed by atoms with Gasteiger partial charge in [-0.05, 0) is 57.4 Å². The highest BCUT2D eigenvalue weighted by Gasteiger charge is 2.17. The van der Waals surface area contributed by atoms with Crippen LogP contribution in [0.25, 0.3) is 0 Å². The molecule has 1 aromatic carbocycles. The topological polar surface area (TPSA) is 61.4 Å². The van der Waals surface area contributed by atoms with E-state index in [0.29, 0.717) is 19.1 Å². The summed E-state index contributed by atoms with van der Waals surface area (Å²) < 4.78 is 11.4. The molecule has 1 fully saturated rings. The van der Waals surface area contributed by atoms with Gasteiger partial charge in [0.1, 0.15) is 0 Å². The molecule has 1 saturated heterocycles. The third-order valence-electron chi connectivity index (χ3n) is 5.70. The molecule has 0 radical (unpaired) electrons. The summed E-state index contributed by atoms with van der Waals surface area (Å²) in [6, 6.07) is 6.20. The lowest BCUT2D eigenvalue weighted by Crippen LogP contribution is -2.47. The molecule has 1 aliphatic rings. The number of likely N-dealkylation sites (N-methyl/N-ethyl adjacent to an activating group) is 1. The van der Waals surface area contributed by atoms with Gasteiger partial charge in [-0.1, -0.05) is 19.9 Å². The first-order chi connectivity index (χ1) is 15.6. The first-order valence-corrected chi connectivity index (χ1v) is 12.4. The Morgan fingerprint density at radius 2 is 1.66 bits per heavy atom. The molecular formula is C25H45N5O2. The van der Waals surface area contributed by atoms with Crippen molar-refractivity contribution >= 4 is 5.96 Å². The van der Waals surface area contributed by atoms with Crippen molar-refractivity contribution in [1.29, 1.82) is 0 Å². The standard InChI is InChI=1S/C25H45N5O2/c1-6-26-25(28-19-21(5)20-30-16-14-29(7-2)15-17-30)27-13-12-22-10-11-23(31-8-3)24(18-22)32-9-4/h10-11,18,21H,6-9,12-17,19-20H2,1-5H3,(H2,26,27,28). The van der Waals surface area contributed by atoms with Crippen LogP contribution in [0.3, 0.4) is 0 Å². The van der Waals surface area contributed by atoms with Gasteiger partial charge in [0.25, 0.3) is 0 Å². The van der Waals surface area contributed by atoms with Crippen LogP contribution < -0.4 is 20.1 Å². The quantitative estimate of drug-likeness (QED) is 0.358. The number of hydrogen-bond acceptors (Lipinski definition) is 5. The minimum atomic E-state index is 0.540. The Morgan fingerprint density at radius 1 is 0.969 bits per heavy atom. The first kappa shape index (κ1) is 26.3. The molecule has 7 nitrogen and oxygen atoms in total. The first-order valence-electron chi connectivity index (χ1n) is 12.4. The minimum Gasteiger partial charge on any atom is -0.490 e. The van der Waals surface area contributed by atoms with Gasteiger partial charge < -0.3 is 29.9 Å². The zero-order valence-corrected chi connectivity index (χ0v) is 21.0. The molecule has 0 aromatic heterocycles. The fraction of sp³-hybridized carbons (Fsp3) is 0.720. The Labute approximate surface area is 195 Å². The van der Waals surface area contributed by atoms with Crippen molar-refractivity contribution in [2.45, 2.75) is 41.0 Å². The molecule has 2 rings (SSSR count). The number of ether oxygens (including phenoxy) is 2. The number of nitrogens with one attached hydrogen (secondary N) is 2. The van der Waals surface area contributed by atoms with Crippen molar-refractivity contribution in [2.75, 3.05) is 72.1 Å². The maximum Gasteiger partial charge on any atom is 0.191 e. The Balaban J connectivity index is 1.81. The van der Waals surface area contributed by atoms with Crippen molar-refractivity contribution < 1.29 is 9.47 Å². The van der Waals surface area contributed by atoms with Gasteiger partial charge in [-0.2, -0.15) is 0 Å². The number of guanidine groups is 1. The Hall–Kier alpha value is -1.99. The lowest BCUT2D eigenvalue weighted by atomic mass is 10.1. The van der Waals surface area contributed by atoms with Crippen LogP contribution in [-0.2, 0) is 6.42 Å². The van der Waals surface area contributed by atoms with Crippen LogP contribution in [-0.4, -0.2) is 87.9 Å². The summed E-state index contributed by atoms with van der Waals surface area (Å²) in [4.78, 5) is 9.94. The maximum absolute atomic E-state index is 5.75. The Bertz CT molecular complexity index is 674. The zero-order chi connectivity index (χ0) is 23.2. The molecule has 1 aromatic rings. The summed E-state index contributed by atoms with van der Waals surface area (Å²) >= 11 is 0. The molecule has 182 valence electrons. The fourth-order valence-electron chi connectivity index (χ4n) is 3.95. The van der Waals surface area contributed by atoms with Crippen molar-refractivity contribution in [2.24, 2.45) is 10.9 Å². The summed E-state index contributed by atoms with van der Waals surface area (Å²) in [6.45, 7) is 21.4. The molecule has 0 aliphatic carbocycles. The second kappa shape index (κ2) is 15.0. The molecule has 0 bridgehead atoms. The van der Waals surface area contributed by atoms with E-state index in [4.69, 9.17) is 14.5 Å². The summed E-state index contributed by atoms with van der Waals surface area (Å²) in [5.74, 6) is 3.07. The van der Waals surface area contributed by atoms with Crippen LogP contribution in [0.4, 0.5) is 0 Å². The SMILES string of the molecule is CCNC(=NCC(C)CN1CCN(CC)CC1)NCCc1ccc(OCC)c(OCC)c1. The smallest absolute Gasteiger partial charge is 0.191 e. The van der Waals surface area contributed by atoms with E-state index in [1.54, 1.807) is 0 Å². The van der Waals surface area contributed by atoms with E-state index < -0.39 is 0 Å². The monoisotopic (exact) mass is 447 g/mol. The van der Waals surface area contributed by atoms with Crippen molar-refractivity contribution in [3.05, 3.63) is 23.8 Å². The molecule has 1 atom stereocenters. The molecular weight excluding hydrogens is 402 g/mol. The van der Waals surface area contributed by atoms with Crippen LogP contribution >= 0.6 is 0 Å². The highest BCUT2D eigenvalue weighted by molar-refractivity contribution is 5.79. The van der Waals surface area contributed by atoms with Crippen LogP contribution in [0.2, 0.25) is 0 Å². The number of nitrogens with zero attached hydrogens (tertiary/aromatic N) is 3. The third kappa shape index (κ3) is 9.25. The van der Waals surface area contributed by atoms with Crippen molar-refractivity contribution in [1.82, 2.24) is 20.4 Å². The molecule has 7 heteroatoms. The maximum atomic E-state index is 5.75. The van der Waals surface area contributed by atoms with Gasteiger partial charge in [0, 0.05) is 52.4 Å². The van der Waals surface area contributed by atoms with Gasteiger partial charge in [-0.25, -0.2) is 0 Å². The van der Waals surface area contributed by atoms with E-state index in [-0.39, 0.29) is 0 Å². The van der Waals surface area contributed by atoms with Gasteiger partial charge in [0.15, 0.2) is 17.5 Å². The molecule has 2 N–H and O–H groups in total. The summed E-state index contributed by atoms with van der Waals surface area (Å²) in [5, 5.41) is 6.85. The van der Waals surface area contributed by atoms with Crippen molar-refractivity contribution in [3.63, 3.8) is 0 Å². The highest BCUT2D eigenvalue weighted by Crippen LogP contribution is 2.28. The average Bonchev–Trinajstić information content (AvgIpc) is 2.80. The second-order valence-electron chi connectivity index (χ2n) is 8.38. The normalized spacial score (nSPS) is 16.6. The Morgan fingerprint density at radius 3 is 2.31 bits per heavy atom. The summed E-state index contributed by atoms with van der Waals surface area (Å²) in [5.41, 5.74) is 1.22. The highest BCUT2D eigenvalue weighted by atomic mass is 16.5. The molecule has 0 saturated carbocycles. The fourth-order valence-corrected chi connectivity index (χ4v) is 3.95. The number of rotatable bonds is 13. The third-order valence-corrected chi connectivity index (χ3v) is 5.70. The largest absolute Gasteiger partial charge is 0.490 e. The molecule has 0 amide bonds. The van der Waals surface area contributed by atoms with Gasteiger partial charge in [0.2, 0.25) is 0 Å². The van der Waals surface area contributed by atoms with Gasteiger partial charge in [-0.15, -0.1) is 0 Å². The molecule has 0 spiro atoms. The van der Waals surface area contributed by atoms with Gasteiger partial charge in [-0.3, -0.25) is 4.99 Å². The van der Waals surface area contributed by atoms with Crippen LogP contribution in [0.15, 0.2) is 23.2 Å². The number of hydrogen-bond donors (Lipinski definition) is 2. The van der Waals surface area contributed by atoms with Gasteiger partial charge >= 0.3 is 0 Å². The van der Waals surface area contributed by atoms with E-state index in [0.717, 1.165) is 56.6 Å². The lowest BCUT2D eigenvalue weighted by Gasteiger charge is -2.35. The minimum absolute atomic E-state index is 0.540. The van der Waals surface area contributed by atoms with Crippen LogP contribution in [0.1, 0.15) is 40.2 Å². The van der Waals surface area contributed by atoms with E-state index >= 15 is 0 Å². The Kier molecular flexibility index (Phi) is 12.3. The molecule has 1 heterocycles. The molecule has 1 unspecified atom stereocenters. The predicted molar refractivity (Wildman–Crippen MR) is 134 cm³/mol. The molecule has 1 aliphatic heterocycles. The van der Waals surface area contributed by atoms with E-state index in [9.17, 15) is 0 Å². The lowest BCUT2D eigenvalue weighted by molar-refractivity contribution is 0.125. The predicted octanol–water partition coefficient (Wildman–Crippen LogP) is 2.86. The molecule has 32 heavy (non-hydrogen) atoms. The van der Waals surface area contributed by atoms with Gasteiger partial charge in [0.05, 0.1) is 13.2 Å². The van der Waals surface area contributed by atoms with Crippen LogP contribution in [0, 0.1) is 5.92 Å². The van der Waals surface area contributed by atoms with E-state index in [1.165, 1.54) is 31.7 Å². The van der Waals surface area contributed by atoms with Crippen LogP contribution in [0.5, 0.6) is 11.5 Å². The van der Waals surface area contributed by atoms with Crippen molar-refractivity contribution in [3.8, 4) is 11.5 Å². The number of benzene rings is 1. The second-order valence-corrected chi connectivity index (χ2v) is 8.38. The van der Waals surface area contributed by atoms with E-state index in [2.05, 4.69) is 53.3 Å². The number of aliphatic imine (C=N–C) groups is 1.